The molecule has 82 valence electrons. The summed E-state index contributed by atoms with van der Waals surface area (Å²) in [6.45, 7) is 1.89. The molecule has 1 aromatic carbocycles. The van der Waals surface area contributed by atoms with Crippen LogP contribution in [0.5, 0.6) is 0 Å². The molecule has 0 fully saturated rings. The van der Waals surface area contributed by atoms with Gasteiger partial charge in [-0.3, -0.25) is 0 Å². The first kappa shape index (κ1) is 10.8. The number of benzene rings is 1. The van der Waals surface area contributed by atoms with Gasteiger partial charge < -0.3 is 5.73 Å². The highest BCUT2D eigenvalue weighted by atomic mass is 32.1. The molecule has 0 unspecified atom stereocenters. The largest absolute Gasteiger partial charge is 0.389 e. The first-order valence-electron chi connectivity index (χ1n) is 4.69. The molecule has 0 spiro atoms. The maximum Gasteiger partial charge on any atom is 0.149 e. The molecule has 2 N–H and O–H groups in total. The Morgan fingerprint density at radius 1 is 1.50 bits per heavy atom. The van der Waals surface area contributed by atoms with Gasteiger partial charge in [0.05, 0.1) is 6.20 Å². The van der Waals surface area contributed by atoms with Crippen molar-refractivity contribution in [1.29, 1.82) is 0 Å². The molecule has 0 atom stereocenters. The molecule has 0 aliphatic carbocycles. The SMILES string of the molecule is Cc1cnn(-c2ccc(C(N)=S)cc2F)c1. The van der Waals surface area contributed by atoms with Gasteiger partial charge in [-0.25, -0.2) is 9.07 Å². The number of aryl methyl sites for hydroxylation is 1. The Labute approximate surface area is 97.7 Å². The smallest absolute Gasteiger partial charge is 0.149 e. The second-order valence-electron chi connectivity index (χ2n) is 3.49. The molecule has 0 bridgehead atoms. The Kier molecular flexibility index (Phi) is 2.70. The topological polar surface area (TPSA) is 43.8 Å². The van der Waals surface area contributed by atoms with E-state index in [-0.39, 0.29) is 4.99 Å². The van der Waals surface area contributed by atoms with E-state index in [9.17, 15) is 4.39 Å². The van der Waals surface area contributed by atoms with E-state index in [1.54, 1.807) is 24.5 Å². The van der Waals surface area contributed by atoms with Crippen LogP contribution in [0.3, 0.4) is 0 Å². The fraction of sp³-hybridized carbons (Fsp3) is 0.0909. The van der Waals surface area contributed by atoms with Gasteiger partial charge in [-0.15, -0.1) is 0 Å². The van der Waals surface area contributed by atoms with E-state index < -0.39 is 5.82 Å². The Hall–Kier alpha value is -1.75. The Morgan fingerprint density at radius 2 is 2.25 bits per heavy atom. The van der Waals surface area contributed by atoms with Crippen LogP contribution in [0.25, 0.3) is 5.69 Å². The van der Waals surface area contributed by atoms with Crippen LogP contribution in [0.1, 0.15) is 11.1 Å². The summed E-state index contributed by atoms with van der Waals surface area (Å²) in [7, 11) is 0. The lowest BCUT2D eigenvalue weighted by atomic mass is 10.2. The van der Waals surface area contributed by atoms with Gasteiger partial charge >= 0.3 is 0 Å². The average molecular weight is 235 g/mol. The number of aromatic nitrogens is 2. The Balaban J connectivity index is 2.47. The maximum atomic E-state index is 13.7. The van der Waals surface area contributed by atoms with Crippen molar-refractivity contribution < 1.29 is 4.39 Å². The molecule has 2 rings (SSSR count). The van der Waals surface area contributed by atoms with Gasteiger partial charge in [-0.2, -0.15) is 5.10 Å². The van der Waals surface area contributed by atoms with Crippen molar-refractivity contribution in [2.24, 2.45) is 5.73 Å². The van der Waals surface area contributed by atoms with Crippen LogP contribution >= 0.6 is 12.2 Å². The van der Waals surface area contributed by atoms with Gasteiger partial charge in [0.25, 0.3) is 0 Å². The Morgan fingerprint density at radius 3 is 2.75 bits per heavy atom. The standard InChI is InChI=1S/C11H10FN3S/c1-7-5-14-15(6-7)10-3-2-8(11(13)16)4-9(10)12/h2-6H,1H3,(H2,13,16). The van der Waals surface area contributed by atoms with E-state index in [2.05, 4.69) is 5.10 Å². The number of thiocarbonyl (C=S) groups is 1. The fourth-order valence-electron chi connectivity index (χ4n) is 1.39. The molecule has 0 amide bonds. The normalized spacial score (nSPS) is 10.4. The van der Waals surface area contributed by atoms with Crippen LogP contribution in [0.2, 0.25) is 0 Å². The first-order chi connectivity index (χ1) is 7.58. The number of halogens is 1. The highest BCUT2D eigenvalue weighted by Crippen LogP contribution is 2.15. The molecule has 0 radical (unpaired) electrons. The van der Waals surface area contributed by atoms with E-state index in [1.165, 1.54) is 10.7 Å². The summed E-state index contributed by atoms with van der Waals surface area (Å²) in [4.78, 5) is 0.182. The van der Waals surface area contributed by atoms with E-state index in [1.807, 2.05) is 6.92 Å². The van der Waals surface area contributed by atoms with Crippen molar-refractivity contribution in [2.45, 2.75) is 6.92 Å². The second kappa shape index (κ2) is 4.02. The van der Waals surface area contributed by atoms with Gasteiger partial charge in [-0.05, 0) is 30.7 Å². The third-order valence-electron chi connectivity index (χ3n) is 2.19. The van der Waals surface area contributed by atoms with Crippen LogP contribution in [0, 0.1) is 12.7 Å². The summed E-state index contributed by atoms with van der Waals surface area (Å²) < 4.78 is 15.2. The summed E-state index contributed by atoms with van der Waals surface area (Å²) in [6.07, 6.45) is 3.42. The zero-order valence-corrected chi connectivity index (χ0v) is 9.46. The van der Waals surface area contributed by atoms with Gasteiger partial charge in [0.15, 0.2) is 0 Å². The molecule has 0 aliphatic rings. The minimum Gasteiger partial charge on any atom is -0.389 e. The molecule has 1 heterocycles. The molecule has 0 aliphatic heterocycles. The van der Waals surface area contributed by atoms with E-state index in [0.29, 0.717) is 11.3 Å². The predicted molar refractivity (Wildman–Crippen MR) is 64.1 cm³/mol. The summed E-state index contributed by atoms with van der Waals surface area (Å²) >= 11 is 4.77. The highest BCUT2D eigenvalue weighted by molar-refractivity contribution is 7.80. The highest BCUT2D eigenvalue weighted by Gasteiger charge is 2.07. The maximum absolute atomic E-state index is 13.7. The monoisotopic (exact) mass is 235 g/mol. The molecule has 2 aromatic rings. The zero-order valence-electron chi connectivity index (χ0n) is 8.64. The quantitative estimate of drug-likeness (QED) is 0.809. The molecule has 0 saturated heterocycles. The molecule has 1 aromatic heterocycles. The third-order valence-corrected chi connectivity index (χ3v) is 2.43. The average Bonchev–Trinajstić information content (AvgIpc) is 2.64. The van der Waals surface area contributed by atoms with Gasteiger partial charge in [0.1, 0.15) is 16.5 Å². The van der Waals surface area contributed by atoms with Crippen LogP contribution in [0.4, 0.5) is 4.39 Å². The van der Waals surface area contributed by atoms with Gasteiger partial charge in [0.2, 0.25) is 0 Å². The van der Waals surface area contributed by atoms with E-state index >= 15 is 0 Å². The lowest BCUT2D eigenvalue weighted by Crippen LogP contribution is -2.10. The third kappa shape index (κ3) is 1.94. The second-order valence-corrected chi connectivity index (χ2v) is 3.93. The fourth-order valence-corrected chi connectivity index (χ4v) is 1.52. The van der Waals surface area contributed by atoms with Crippen molar-refractivity contribution in [3.05, 3.63) is 47.5 Å². The van der Waals surface area contributed by atoms with Crippen LogP contribution < -0.4 is 5.73 Å². The van der Waals surface area contributed by atoms with E-state index in [4.69, 9.17) is 18.0 Å². The number of nitrogens with zero attached hydrogens (tertiary/aromatic N) is 2. The van der Waals surface area contributed by atoms with Gasteiger partial charge in [0, 0.05) is 11.8 Å². The summed E-state index contributed by atoms with van der Waals surface area (Å²) in [5, 5.41) is 4.03. The van der Waals surface area contributed by atoms with Crippen LogP contribution in [-0.4, -0.2) is 14.8 Å². The minimum absolute atomic E-state index is 0.182. The lowest BCUT2D eigenvalue weighted by molar-refractivity contribution is 0.610. The van der Waals surface area contributed by atoms with Crippen LogP contribution in [0.15, 0.2) is 30.6 Å². The number of hydrogen-bond acceptors (Lipinski definition) is 2. The summed E-state index contributed by atoms with van der Waals surface area (Å²) in [6, 6.07) is 4.60. The summed E-state index contributed by atoms with van der Waals surface area (Å²) in [5.41, 5.74) is 7.28. The van der Waals surface area contributed by atoms with Crippen molar-refractivity contribution in [1.82, 2.24) is 9.78 Å². The molecule has 16 heavy (non-hydrogen) atoms. The van der Waals surface area contributed by atoms with Gasteiger partial charge in [-0.1, -0.05) is 12.2 Å². The molecular weight excluding hydrogens is 225 g/mol. The number of rotatable bonds is 2. The summed E-state index contributed by atoms with van der Waals surface area (Å²) in [5.74, 6) is -0.395. The number of nitrogens with two attached hydrogens (primary N) is 1. The lowest BCUT2D eigenvalue weighted by Gasteiger charge is -2.05. The van der Waals surface area contributed by atoms with Crippen molar-refractivity contribution in [3.8, 4) is 5.69 Å². The molecule has 3 nitrogen and oxygen atoms in total. The first-order valence-corrected chi connectivity index (χ1v) is 5.10. The Bertz CT molecular complexity index is 548. The van der Waals surface area contributed by atoms with Crippen molar-refractivity contribution >= 4 is 17.2 Å². The predicted octanol–water partition coefficient (Wildman–Crippen LogP) is 1.95. The molecule has 5 heteroatoms. The number of hydrogen-bond donors (Lipinski definition) is 1. The van der Waals surface area contributed by atoms with E-state index in [0.717, 1.165) is 5.56 Å². The molecular formula is C11H10FN3S. The minimum atomic E-state index is -0.395. The van der Waals surface area contributed by atoms with Crippen LogP contribution in [-0.2, 0) is 0 Å². The van der Waals surface area contributed by atoms with Crippen molar-refractivity contribution in [2.75, 3.05) is 0 Å². The molecule has 0 saturated carbocycles. The van der Waals surface area contributed by atoms with Crippen molar-refractivity contribution in [3.63, 3.8) is 0 Å². The zero-order chi connectivity index (χ0) is 11.7.